The van der Waals surface area contributed by atoms with Crippen molar-refractivity contribution in [2.75, 3.05) is 0 Å². The van der Waals surface area contributed by atoms with E-state index < -0.39 is 0 Å². The van der Waals surface area contributed by atoms with Crippen molar-refractivity contribution in [2.45, 2.75) is 32.3 Å². The van der Waals surface area contributed by atoms with Gasteiger partial charge >= 0.3 is 5.97 Å². The van der Waals surface area contributed by atoms with Crippen molar-refractivity contribution in [3.05, 3.63) is 44.1 Å². The van der Waals surface area contributed by atoms with E-state index in [-0.39, 0.29) is 12.6 Å². The van der Waals surface area contributed by atoms with Crippen LogP contribution in [0.1, 0.15) is 39.5 Å². The molecule has 0 aliphatic heterocycles. The summed E-state index contributed by atoms with van der Waals surface area (Å²) in [6.07, 6.45) is 4.38. The lowest BCUT2D eigenvalue weighted by molar-refractivity contribution is 0.0429. The van der Waals surface area contributed by atoms with Gasteiger partial charge in [-0.1, -0.05) is 5.16 Å². The Labute approximate surface area is 140 Å². The van der Waals surface area contributed by atoms with E-state index >= 15 is 0 Å². The Morgan fingerprint density at radius 1 is 1.30 bits per heavy atom. The predicted octanol–water partition coefficient (Wildman–Crippen LogP) is 4.10. The second kappa shape index (κ2) is 6.25. The van der Waals surface area contributed by atoms with E-state index in [2.05, 4.69) is 10.1 Å². The molecular formula is C16H14N2O3S2. The molecule has 118 valence electrons. The monoisotopic (exact) mass is 346 g/mol. The number of carbonyl (C=O) groups excluding carboxylic acids is 1. The summed E-state index contributed by atoms with van der Waals surface area (Å²) in [5.74, 6) is 0.522. The molecule has 0 unspecified atom stereocenters. The molecule has 3 aromatic rings. The number of aromatic nitrogens is 2. The summed E-state index contributed by atoms with van der Waals surface area (Å²) in [6, 6.07) is 1.92. The Hall–Kier alpha value is -1.99. The minimum Gasteiger partial charge on any atom is -0.452 e. The fraction of sp³-hybridized carbons (Fsp3) is 0.312. The first-order chi connectivity index (χ1) is 11.3. The van der Waals surface area contributed by atoms with Crippen LogP contribution >= 0.6 is 22.7 Å². The van der Waals surface area contributed by atoms with Gasteiger partial charge in [-0.25, -0.2) is 4.79 Å². The highest BCUT2D eigenvalue weighted by Crippen LogP contribution is 2.30. The largest absolute Gasteiger partial charge is 0.452 e. The number of aryl methyl sites for hydroxylation is 1. The van der Waals surface area contributed by atoms with Gasteiger partial charge in [0.1, 0.15) is 0 Å². The number of ether oxygens (including phenoxy) is 1. The Morgan fingerprint density at radius 2 is 2.22 bits per heavy atom. The van der Waals surface area contributed by atoms with Crippen LogP contribution in [0.15, 0.2) is 26.7 Å². The molecule has 7 heteroatoms. The van der Waals surface area contributed by atoms with Crippen LogP contribution in [-0.2, 0) is 24.2 Å². The van der Waals surface area contributed by atoms with Gasteiger partial charge in [-0.15, -0.1) is 11.3 Å². The number of nitrogens with zero attached hydrogens (tertiary/aromatic N) is 2. The molecule has 0 radical (unpaired) electrons. The third-order valence-corrected chi connectivity index (χ3v) is 5.63. The number of esters is 1. The van der Waals surface area contributed by atoms with Crippen molar-refractivity contribution in [3.8, 4) is 11.4 Å². The predicted molar refractivity (Wildman–Crippen MR) is 87.7 cm³/mol. The number of rotatable bonds is 4. The molecule has 23 heavy (non-hydrogen) atoms. The Balaban J connectivity index is 1.43. The summed E-state index contributed by atoms with van der Waals surface area (Å²) in [6.45, 7) is 0.000586. The van der Waals surface area contributed by atoms with E-state index in [1.165, 1.54) is 11.3 Å². The maximum Gasteiger partial charge on any atom is 0.339 e. The summed E-state index contributed by atoms with van der Waals surface area (Å²) < 4.78 is 10.5. The van der Waals surface area contributed by atoms with Crippen LogP contribution in [0.3, 0.4) is 0 Å². The smallest absolute Gasteiger partial charge is 0.339 e. The zero-order valence-corrected chi connectivity index (χ0v) is 13.9. The van der Waals surface area contributed by atoms with Gasteiger partial charge in [-0.3, -0.25) is 0 Å². The molecule has 0 atom stereocenters. The van der Waals surface area contributed by atoms with Gasteiger partial charge in [0.25, 0.3) is 5.89 Å². The van der Waals surface area contributed by atoms with Crippen LogP contribution < -0.4 is 0 Å². The van der Waals surface area contributed by atoms with Gasteiger partial charge in [0.2, 0.25) is 5.82 Å². The Morgan fingerprint density at radius 3 is 3.09 bits per heavy atom. The summed E-state index contributed by atoms with van der Waals surface area (Å²) in [7, 11) is 0. The molecule has 0 amide bonds. The van der Waals surface area contributed by atoms with Crippen molar-refractivity contribution < 1.29 is 14.1 Å². The molecule has 1 aliphatic rings. The van der Waals surface area contributed by atoms with E-state index in [1.807, 2.05) is 22.2 Å². The summed E-state index contributed by atoms with van der Waals surface area (Å²) in [5, 5.41) is 9.70. The van der Waals surface area contributed by atoms with Crippen molar-refractivity contribution >= 4 is 28.6 Å². The molecular weight excluding hydrogens is 332 g/mol. The fourth-order valence-corrected chi connectivity index (χ4v) is 4.44. The van der Waals surface area contributed by atoms with Crippen molar-refractivity contribution in [1.82, 2.24) is 10.1 Å². The Kier molecular flexibility index (Phi) is 3.97. The van der Waals surface area contributed by atoms with Crippen molar-refractivity contribution in [1.29, 1.82) is 0 Å². The van der Waals surface area contributed by atoms with Gasteiger partial charge in [-0.05, 0) is 42.7 Å². The molecule has 3 heterocycles. The second-order valence-electron chi connectivity index (χ2n) is 5.36. The van der Waals surface area contributed by atoms with Crippen LogP contribution in [0.2, 0.25) is 0 Å². The first-order valence-electron chi connectivity index (χ1n) is 7.43. The molecule has 4 rings (SSSR count). The van der Waals surface area contributed by atoms with E-state index in [4.69, 9.17) is 9.26 Å². The second-order valence-corrected chi connectivity index (χ2v) is 7.10. The quantitative estimate of drug-likeness (QED) is 0.666. The molecule has 0 N–H and O–H groups in total. The molecule has 5 nitrogen and oxygen atoms in total. The maximum atomic E-state index is 12.3. The van der Waals surface area contributed by atoms with Gasteiger partial charge in [0, 0.05) is 21.2 Å². The zero-order chi connectivity index (χ0) is 15.6. The molecule has 0 saturated carbocycles. The summed E-state index contributed by atoms with van der Waals surface area (Å²) >= 11 is 3.22. The van der Waals surface area contributed by atoms with E-state index in [0.717, 1.165) is 30.4 Å². The van der Waals surface area contributed by atoms with Gasteiger partial charge in [-0.2, -0.15) is 16.3 Å². The SMILES string of the molecule is O=C(OCc1nc(-c2ccsc2)no1)c1csc2c1CCCC2. The number of hydrogen-bond acceptors (Lipinski definition) is 7. The number of hydrogen-bond donors (Lipinski definition) is 0. The fourth-order valence-electron chi connectivity index (χ4n) is 2.69. The average Bonchev–Trinajstić information content (AvgIpc) is 3.31. The normalized spacial score (nSPS) is 13.7. The van der Waals surface area contributed by atoms with E-state index in [0.29, 0.717) is 17.3 Å². The minimum absolute atomic E-state index is 0.000586. The van der Waals surface area contributed by atoms with Crippen LogP contribution in [0.4, 0.5) is 0 Å². The third-order valence-electron chi connectivity index (χ3n) is 3.86. The van der Waals surface area contributed by atoms with Crippen LogP contribution in [0, 0.1) is 0 Å². The van der Waals surface area contributed by atoms with Crippen molar-refractivity contribution in [2.24, 2.45) is 0 Å². The molecule has 0 bridgehead atoms. The minimum atomic E-state index is -0.306. The topological polar surface area (TPSA) is 65.2 Å². The zero-order valence-electron chi connectivity index (χ0n) is 12.3. The van der Waals surface area contributed by atoms with Gasteiger partial charge in [0.05, 0.1) is 5.56 Å². The number of carbonyl (C=O) groups is 1. The number of fused-ring (bicyclic) bond motifs is 1. The molecule has 0 spiro atoms. The third kappa shape index (κ3) is 2.94. The van der Waals surface area contributed by atoms with Gasteiger partial charge in [0.15, 0.2) is 6.61 Å². The highest BCUT2D eigenvalue weighted by molar-refractivity contribution is 7.10. The first-order valence-corrected chi connectivity index (χ1v) is 9.25. The van der Waals surface area contributed by atoms with Crippen LogP contribution in [-0.4, -0.2) is 16.1 Å². The summed E-state index contributed by atoms with van der Waals surface area (Å²) in [5.41, 5.74) is 2.77. The maximum absolute atomic E-state index is 12.3. The molecule has 0 aromatic carbocycles. The molecule has 3 aromatic heterocycles. The molecule has 1 aliphatic carbocycles. The lowest BCUT2D eigenvalue weighted by Gasteiger charge is -2.11. The Bertz CT molecular complexity index is 820. The van der Waals surface area contributed by atoms with Gasteiger partial charge < -0.3 is 9.26 Å². The van der Waals surface area contributed by atoms with Crippen LogP contribution in [0.5, 0.6) is 0 Å². The summed E-state index contributed by atoms with van der Waals surface area (Å²) in [4.78, 5) is 17.9. The standard InChI is InChI=1S/C16H14N2O3S2/c19-16(12-9-23-13-4-2-1-3-11(12)13)20-7-14-17-15(18-21-14)10-5-6-22-8-10/h5-6,8-9H,1-4,7H2. The van der Waals surface area contributed by atoms with E-state index in [1.54, 1.807) is 22.7 Å². The first kappa shape index (κ1) is 14.6. The van der Waals surface area contributed by atoms with Crippen LogP contribution in [0.25, 0.3) is 11.4 Å². The molecule has 0 saturated heterocycles. The number of thiophene rings is 2. The highest BCUT2D eigenvalue weighted by Gasteiger charge is 2.21. The lowest BCUT2D eigenvalue weighted by atomic mass is 9.96. The van der Waals surface area contributed by atoms with E-state index in [9.17, 15) is 4.79 Å². The lowest BCUT2D eigenvalue weighted by Crippen LogP contribution is -2.09. The van der Waals surface area contributed by atoms with Crippen molar-refractivity contribution in [3.63, 3.8) is 0 Å². The highest BCUT2D eigenvalue weighted by atomic mass is 32.1. The average molecular weight is 346 g/mol. The molecule has 0 fully saturated rings.